The smallest absolute Gasteiger partial charge is 0.352 e. The maximum atomic E-state index is 12.9. The number of carbonyl (C=O) groups is 3. The Balaban J connectivity index is 1.58. The van der Waals surface area contributed by atoms with Crippen LogP contribution < -0.4 is 21.3 Å². The molecular formula is C27H33F3N4O3. The highest BCUT2D eigenvalue weighted by Gasteiger charge is 2.31. The zero-order chi connectivity index (χ0) is 27.0. The van der Waals surface area contributed by atoms with Gasteiger partial charge in [0, 0.05) is 24.7 Å². The van der Waals surface area contributed by atoms with E-state index in [4.69, 9.17) is 0 Å². The molecule has 0 radical (unpaired) electrons. The Morgan fingerprint density at radius 1 is 1.03 bits per heavy atom. The van der Waals surface area contributed by atoms with Gasteiger partial charge in [-0.25, -0.2) is 0 Å². The molecule has 1 atom stereocenters. The minimum absolute atomic E-state index is 0.0619. The molecular weight excluding hydrogens is 485 g/mol. The topological polar surface area (TPSA) is 99.3 Å². The number of hydrogen-bond acceptors (Lipinski definition) is 4. The summed E-state index contributed by atoms with van der Waals surface area (Å²) in [7, 11) is 0. The van der Waals surface area contributed by atoms with E-state index in [0.29, 0.717) is 6.54 Å². The first-order valence-electron chi connectivity index (χ1n) is 12.3. The SMILES string of the molecule is Cc1ccc(CNCC(NC(=O)CNC(=O)c2cccc(C(F)(F)F)c2)C(=O)NC2CCCC2)c(C)c1. The van der Waals surface area contributed by atoms with Gasteiger partial charge in [0.1, 0.15) is 6.04 Å². The van der Waals surface area contributed by atoms with Crippen LogP contribution in [0.1, 0.15) is 58.3 Å². The molecule has 37 heavy (non-hydrogen) atoms. The van der Waals surface area contributed by atoms with Crippen molar-refractivity contribution in [3.63, 3.8) is 0 Å². The van der Waals surface area contributed by atoms with Crippen molar-refractivity contribution in [3.8, 4) is 0 Å². The van der Waals surface area contributed by atoms with Crippen LogP contribution in [-0.2, 0) is 22.3 Å². The summed E-state index contributed by atoms with van der Waals surface area (Å²) in [5, 5.41) is 11.1. The minimum Gasteiger partial charge on any atom is -0.352 e. The molecule has 3 rings (SSSR count). The van der Waals surface area contributed by atoms with Crippen molar-refractivity contribution >= 4 is 17.7 Å². The highest BCUT2D eigenvalue weighted by Crippen LogP contribution is 2.29. The Morgan fingerprint density at radius 2 is 1.76 bits per heavy atom. The number of carbonyl (C=O) groups excluding carboxylic acids is 3. The summed E-state index contributed by atoms with van der Waals surface area (Å²) in [6.07, 6.45) is -0.744. The summed E-state index contributed by atoms with van der Waals surface area (Å²) in [6, 6.07) is 9.20. The van der Waals surface area contributed by atoms with E-state index in [0.717, 1.165) is 60.6 Å². The van der Waals surface area contributed by atoms with Gasteiger partial charge >= 0.3 is 6.18 Å². The quantitative estimate of drug-likeness (QED) is 0.388. The van der Waals surface area contributed by atoms with Gasteiger partial charge < -0.3 is 21.3 Å². The molecule has 2 aromatic carbocycles. The number of amides is 3. The molecule has 1 fully saturated rings. The van der Waals surface area contributed by atoms with Gasteiger partial charge in [-0.15, -0.1) is 0 Å². The fourth-order valence-electron chi connectivity index (χ4n) is 4.32. The van der Waals surface area contributed by atoms with Crippen LogP contribution in [0.5, 0.6) is 0 Å². The fourth-order valence-corrected chi connectivity index (χ4v) is 4.32. The van der Waals surface area contributed by atoms with Crippen LogP contribution in [0.2, 0.25) is 0 Å². The largest absolute Gasteiger partial charge is 0.416 e. The van der Waals surface area contributed by atoms with Gasteiger partial charge in [0.15, 0.2) is 0 Å². The monoisotopic (exact) mass is 518 g/mol. The maximum absolute atomic E-state index is 12.9. The Bertz CT molecular complexity index is 1110. The van der Waals surface area contributed by atoms with E-state index in [1.165, 1.54) is 6.07 Å². The number of hydrogen-bond donors (Lipinski definition) is 4. The molecule has 200 valence electrons. The standard InChI is InChI=1S/C27H33F3N4O3/c1-17-10-11-20(18(2)12-17)14-31-15-23(26(37)33-22-8-3-4-9-22)34-24(35)16-32-25(36)19-6-5-7-21(13-19)27(28,29)30/h5-7,10-13,22-23,31H,3-4,8-9,14-16H2,1-2H3,(H,32,36)(H,33,37)(H,34,35). The van der Waals surface area contributed by atoms with Crippen LogP contribution in [0.4, 0.5) is 13.2 Å². The lowest BCUT2D eigenvalue weighted by molar-refractivity contribution is -0.137. The molecule has 1 aliphatic rings. The van der Waals surface area contributed by atoms with E-state index in [-0.39, 0.29) is 24.1 Å². The van der Waals surface area contributed by atoms with Crippen LogP contribution >= 0.6 is 0 Å². The zero-order valence-electron chi connectivity index (χ0n) is 21.0. The number of rotatable bonds is 10. The summed E-state index contributed by atoms with van der Waals surface area (Å²) >= 11 is 0. The molecule has 3 amide bonds. The molecule has 4 N–H and O–H groups in total. The fraction of sp³-hybridized carbons (Fsp3) is 0.444. The van der Waals surface area contributed by atoms with Crippen LogP contribution in [0.3, 0.4) is 0 Å². The number of nitrogens with one attached hydrogen (secondary N) is 4. The van der Waals surface area contributed by atoms with E-state index in [1.807, 2.05) is 26.0 Å². The molecule has 1 saturated carbocycles. The Hall–Kier alpha value is -3.40. The molecule has 7 nitrogen and oxygen atoms in total. The lowest BCUT2D eigenvalue weighted by atomic mass is 10.1. The van der Waals surface area contributed by atoms with Crippen molar-refractivity contribution in [2.45, 2.75) is 64.3 Å². The summed E-state index contributed by atoms with van der Waals surface area (Å²) in [6.45, 7) is 4.19. The molecule has 2 aromatic rings. The normalized spacial score (nSPS) is 14.7. The third-order valence-electron chi connectivity index (χ3n) is 6.38. The van der Waals surface area contributed by atoms with Crippen molar-refractivity contribution in [1.82, 2.24) is 21.3 Å². The number of aryl methyl sites for hydroxylation is 2. The van der Waals surface area contributed by atoms with Crippen molar-refractivity contribution in [1.29, 1.82) is 0 Å². The first-order valence-corrected chi connectivity index (χ1v) is 12.3. The average Bonchev–Trinajstić information content (AvgIpc) is 3.35. The molecule has 1 unspecified atom stereocenters. The third kappa shape index (κ3) is 8.59. The maximum Gasteiger partial charge on any atom is 0.416 e. The van der Waals surface area contributed by atoms with E-state index < -0.39 is 36.1 Å². The molecule has 0 bridgehead atoms. The lowest BCUT2D eigenvalue weighted by Crippen LogP contribution is -2.55. The van der Waals surface area contributed by atoms with E-state index in [9.17, 15) is 27.6 Å². The Labute approximate surface area is 214 Å². The minimum atomic E-state index is -4.59. The second kappa shape index (κ2) is 12.7. The van der Waals surface area contributed by atoms with Gasteiger partial charge in [0.25, 0.3) is 5.91 Å². The Kier molecular flexibility index (Phi) is 9.68. The van der Waals surface area contributed by atoms with Gasteiger partial charge in [-0.3, -0.25) is 14.4 Å². The number of halogens is 3. The second-order valence-electron chi connectivity index (χ2n) is 9.43. The third-order valence-corrected chi connectivity index (χ3v) is 6.38. The predicted octanol–water partition coefficient (Wildman–Crippen LogP) is 3.39. The summed E-state index contributed by atoms with van der Waals surface area (Å²) in [5.41, 5.74) is 2.16. The van der Waals surface area contributed by atoms with Gasteiger partial charge in [-0.05, 0) is 56.0 Å². The predicted molar refractivity (Wildman–Crippen MR) is 134 cm³/mol. The molecule has 0 aromatic heterocycles. The second-order valence-corrected chi connectivity index (χ2v) is 9.43. The highest BCUT2D eigenvalue weighted by molar-refractivity contribution is 5.97. The number of benzene rings is 2. The highest BCUT2D eigenvalue weighted by atomic mass is 19.4. The van der Waals surface area contributed by atoms with Gasteiger partial charge in [-0.1, -0.05) is 42.7 Å². The van der Waals surface area contributed by atoms with Crippen molar-refractivity contribution < 1.29 is 27.6 Å². The van der Waals surface area contributed by atoms with E-state index in [2.05, 4.69) is 27.3 Å². The van der Waals surface area contributed by atoms with Crippen LogP contribution in [0.25, 0.3) is 0 Å². The molecule has 0 aliphatic heterocycles. The molecule has 1 aliphatic carbocycles. The van der Waals surface area contributed by atoms with Crippen LogP contribution in [0, 0.1) is 13.8 Å². The molecule has 0 heterocycles. The zero-order valence-corrected chi connectivity index (χ0v) is 21.0. The summed E-state index contributed by atoms with van der Waals surface area (Å²) < 4.78 is 38.8. The number of alkyl halides is 3. The first-order chi connectivity index (χ1) is 17.5. The van der Waals surface area contributed by atoms with Crippen LogP contribution in [-0.4, -0.2) is 42.9 Å². The van der Waals surface area contributed by atoms with E-state index >= 15 is 0 Å². The van der Waals surface area contributed by atoms with E-state index in [1.54, 1.807) is 0 Å². The molecule has 0 spiro atoms. The lowest BCUT2D eigenvalue weighted by Gasteiger charge is -2.22. The van der Waals surface area contributed by atoms with Gasteiger partial charge in [0.05, 0.1) is 12.1 Å². The van der Waals surface area contributed by atoms with Gasteiger partial charge in [-0.2, -0.15) is 13.2 Å². The molecule has 0 saturated heterocycles. The van der Waals surface area contributed by atoms with Crippen molar-refractivity contribution in [3.05, 3.63) is 70.3 Å². The summed E-state index contributed by atoms with van der Waals surface area (Å²) in [5.74, 6) is -1.76. The van der Waals surface area contributed by atoms with Gasteiger partial charge in [0.2, 0.25) is 11.8 Å². The van der Waals surface area contributed by atoms with Crippen molar-refractivity contribution in [2.75, 3.05) is 13.1 Å². The van der Waals surface area contributed by atoms with Crippen LogP contribution in [0.15, 0.2) is 42.5 Å². The van der Waals surface area contributed by atoms with Crippen molar-refractivity contribution in [2.24, 2.45) is 0 Å². The summed E-state index contributed by atoms with van der Waals surface area (Å²) in [4.78, 5) is 37.8. The first kappa shape index (κ1) is 28.2. The Morgan fingerprint density at radius 3 is 2.43 bits per heavy atom. The molecule has 10 heteroatoms. The average molecular weight is 519 g/mol.